The summed E-state index contributed by atoms with van der Waals surface area (Å²) < 4.78 is 10.1. The van der Waals surface area contributed by atoms with Crippen molar-refractivity contribution >= 4 is 5.97 Å². The maximum Gasteiger partial charge on any atom is 0.323 e. The number of hydrogen-bond donors (Lipinski definition) is 1. The van der Waals surface area contributed by atoms with Gasteiger partial charge in [0, 0.05) is 0 Å². The van der Waals surface area contributed by atoms with Crippen LogP contribution in [0.15, 0.2) is 0 Å². The van der Waals surface area contributed by atoms with E-state index < -0.39 is 6.04 Å². The fourth-order valence-corrected chi connectivity index (χ4v) is 0.794. The van der Waals surface area contributed by atoms with Crippen LogP contribution in [0.3, 0.4) is 0 Å². The maximum absolute atomic E-state index is 11.2. The first kappa shape index (κ1) is 13.4. The van der Waals surface area contributed by atoms with Crippen LogP contribution in [0.5, 0.6) is 0 Å². The van der Waals surface area contributed by atoms with Crippen molar-refractivity contribution in [2.24, 2.45) is 11.7 Å². The Morgan fingerprint density at radius 3 is 2.21 bits per heavy atom. The molecule has 0 aliphatic heterocycles. The first-order valence-corrected chi connectivity index (χ1v) is 4.99. The lowest BCUT2D eigenvalue weighted by Crippen LogP contribution is -2.37. The molecule has 0 amide bonds. The number of esters is 1. The highest BCUT2D eigenvalue weighted by molar-refractivity contribution is 5.75. The number of carbonyl (C=O) groups is 1. The van der Waals surface area contributed by atoms with E-state index in [9.17, 15) is 4.79 Å². The van der Waals surface area contributed by atoms with Gasteiger partial charge in [0.25, 0.3) is 0 Å². The Bertz CT molecular complexity index is 169. The van der Waals surface area contributed by atoms with Crippen LogP contribution < -0.4 is 5.73 Å². The van der Waals surface area contributed by atoms with Crippen LogP contribution in [0, 0.1) is 5.92 Å². The van der Waals surface area contributed by atoms with Gasteiger partial charge in [-0.25, -0.2) is 0 Å². The van der Waals surface area contributed by atoms with Gasteiger partial charge in [-0.05, 0) is 19.8 Å². The molecule has 14 heavy (non-hydrogen) atoms. The molecule has 0 radical (unpaired) electrons. The predicted molar refractivity (Wildman–Crippen MR) is 54.9 cm³/mol. The summed E-state index contributed by atoms with van der Waals surface area (Å²) in [5.41, 5.74) is 5.59. The molecule has 0 aromatic heterocycles. The SMILES string of the molecule is CC(C)OCCOC(=O)C(N)C(C)C. The second-order valence-corrected chi connectivity index (χ2v) is 3.86. The lowest BCUT2D eigenvalue weighted by molar-refractivity contribution is -0.148. The molecule has 0 saturated carbocycles. The first-order chi connectivity index (χ1) is 6.45. The number of rotatable bonds is 6. The van der Waals surface area contributed by atoms with Crippen molar-refractivity contribution in [3.63, 3.8) is 0 Å². The van der Waals surface area contributed by atoms with Crippen molar-refractivity contribution in [2.45, 2.75) is 39.8 Å². The van der Waals surface area contributed by atoms with Gasteiger partial charge >= 0.3 is 5.97 Å². The Morgan fingerprint density at radius 2 is 1.79 bits per heavy atom. The fourth-order valence-electron chi connectivity index (χ4n) is 0.794. The molecule has 0 fully saturated rings. The minimum Gasteiger partial charge on any atom is -0.462 e. The molecule has 4 nitrogen and oxygen atoms in total. The molecule has 2 N–H and O–H groups in total. The van der Waals surface area contributed by atoms with Crippen LogP contribution in [0.1, 0.15) is 27.7 Å². The highest BCUT2D eigenvalue weighted by atomic mass is 16.6. The zero-order valence-electron chi connectivity index (χ0n) is 9.45. The molecule has 0 rings (SSSR count). The second kappa shape index (κ2) is 6.79. The predicted octanol–water partition coefficient (Wildman–Crippen LogP) is 0.938. The number of hydrogen-bond acceptors (Lipinski definition) is 4. The maximum atomic E-state index is 11.2. The molecule has 0 aromatic carbocycles. The fraction of sp³-hybridized carbons (Fsp3) is 0.900. The van der Waals surface area contributed by atoms with Crippen LogP contribution in [0.2, 0.25) is 0 Å². The summed E-state index contributed by atoms with van der Waals surface area (Å²) in [6.45, 7) is 8.34. The average molecular weight is 203 g/mol. The summed E-state index contributed by atoms with van der Waals surface area (Å²) in [5, 5.41) is 0. The molecule has 0 aliphatic carbocycles. The number of carbonyl (C=O) groups excluding carboxylic acids is 1. The van der Waals surface area contributed by atoms with E-state index in [-0.39, 0.29) is 24.6 Å². The zero-order chi connectivity index (χ0) is 11.1. The highest BCUT2D eigenvalue weighted by Crippen LogP contribution is 2.00. The minimum absolute atomic E-state index is 0.105. The van der Waals surface area contributed by atoms with Gasteiger partial charge in [-0.1, -0.05) is 13.8 Å². The zero-order valence-corrected chi connectivity index (χ0v) is 9.45. The Balaban J connectivity index is 3.54. The van der Waals surface area contributed by atoms with Crippen LogP contribution in [-0.4, -0.2) is 31.3 Å². The van der Waals surface area contributed by atoms with Crippen LogP contribution in [0.25, 0.3) is 0 Å². The third-order valence-electron chi connectivity index (χ3n) is 1.77. The molecule has 1 unspecified atom stereocenters. The van der Waals surface area contributed by atoms with Gasteiger partial charge in [-0.15, -0.1) is 0 Å². The van der Waals surface area contributed by atoms with E-state index in [4.69, 9.17) is 15.2 Å². The molecule has 0 aromatic rings. The molecular formula is C10H21NO3. The van der Waals surface area contributed by atoms with E-state index in [1.807, 2.05) is 27.7 Å². The van der Waals surface area contributed by atoms with Crippen molar-refractivity contribution in [2.75, 3.05) is 13.2 Å². The minimum atomic E-state index is -0.533. The summed E-state index contributed by atoms with van der Waals surface area (Å²) >= 11 is 0. The van der Waals surface area contributed by atoms with E-state index in [1.165, 1.54) is 0 Å². The van der Waals surface area contributed by atoms with Gasteiger partial charge < -0.3 is 15.2 Å². The summed E-state index contributed by atoms with van der Waals surface area (Å²) in [4.78, 5) is 11.2. The van der Waals surface area contributed by atoms with Gasteiger partial charge in [0.15, 0.2) is 0 Å². The normalized spacial score (nSPS) is 13.4. The third-order valence-corrected chi connectivity index (χ3v) is 1.77. The Labute approximate surface area is 85.8 Å². The molecule has 0 heterocycles. The van der Waals surface area contributed by atoms with E-state index in [2.05, 4.69) is 0 Å². The monoisotopic (exact) mass is 203 g/mol. The summed E-state index contributed by atoms with van der Waals surface area (Å²) in [6.07, 6.45) is 0.160. The van der Waals surface area contributed by atoms with Gasteiger partial charge in [0.05, 0.1) is 12.7 Å². The quantitative estimate of drug-likeness (QED) is 0.515. The van der Waals surface area contributed by atoms with Crippen LogP contribution in [0.4, 0.5) is 0 Å². The number of ether oxygens (including phenoxy) is 2. The lowest BCUT2D eigenvalue weighted by atomic mass is 10.1. The van der Waals surface area contributed by atoms with Gasteiger partial charge in [-0.3, -0.25) is 4.79 Å². The van der Waals surface area contributed by atoms with Gasteiger partial charge in [0.1, 0.15) is 12.6 Å². The van der Waals surface area contributed by atoms with Crippen molar-refractivity contribution in [3.05, 3.63) is 0 Å². The molecule has 4 heteroatoms. The summed E-state index contributed by atoms with van der Waals surface area (Å²) in [6, 6.07) is -0.533. The lowest BCUT2D eigenvalue weighted by Gasteiger charge is -2.14. The average Bonchev–Trinajstić information content (AvgIpc) is 2.10. The molecular weight excluding hydrogens is 182 g/mol. The van der Waals surface area contributed by atoms with Crippen molar-refractivity contribution in [3.8, 4) is 0 Å². The first-order valence-electron chi connectivity index (χ1n) is 4.99. The standard InChI is InChI=1S/C10H21NO3/c1-7(2)9(11)10(12)14-6-5-13-8(3)4/h7-9H,5-6,11H2,1-4H3. The summed E-state index contributed by atoms with van der Waals surface area (Å²) in [5.74, 6) is -0.249. The van der Waals surface area contributed by atoms with Crippen LogP contribution >= 0.6 is 0 Å². The topological polar surface area (TPSA) is 61.5 Å². The van der Waals surface area contributed by atoms with E-state index in [1.54, 1.807) is 0 Å². The van der Waals surface area contributed by atoms with Crippen molar-refractivity contribution in [1.29, 1.82) is 0 Å². The Morgan fingerprint density at radius 1 is 1.21 bits per heavy atom. The second-order valence-electron chi connectivity index (χ2n) is 3.86. The molecule has 0 saturated heterocycles. The highest BCUT2D eigenvalue weighted by Gasteiger charge is 2.18. The molecule has 0 aliphatic rings. The number of nitrogens with two attached hydrogens (primary N) is 1. The van der Waals surface area contributed by atoms with Crippen molar-refractivity contribution in [1.82, 2.24) is 0 Å². The molecule has 0 spiro atoms. The molecule has 0 bridgehead atoms. The Kier molecular flexibility index (Phi) is 6.49. The summed E-state index contributed by atoms with van der Waals surface area (Å²) in [7, 11) is 0. The van der Waals surface area contributed by atoms with Gasteiger partial charge in [-0.2, -0.15) is 0 Å². The molecule has 84 valence electrons. The van der Waals surface area contributed by atoms with Crippen LogP contribution in [-0.2, 0) is 14.3 Å². The van der Waals surface area contributed by atoms with E-state index in [0.29, 0.717) is 6.61 Å². The third kappa shape index (κ3) is 5.94. The largest absolute Gasteiger partial charge is 0.462 e. The Hall–Kier alpha value is -0.610. The van der Waals surface area contributed by atoms with E-state index in [0.717, 1.165) is 0 Å². The van der Waals surface area contributed by atoms with Crippen molar-refractivity contribution < 1.29 is 14.3 Å². The van der Waals surface area contributed by atoms with Gasteiger partial charge in [0.2, 0.25) is 0 Å². The van der Waals surface area contributed by atoms with E-state index >= 15 is 0 Å². The molecule has 1 atom stereocenters. The smallest absolute Gasteiger partial charge is 0.323 e.